The van der Waals surface area contributed by atoms with E-state index < -0.39 is 15.9 Å². The Labute approximate surface area is 188 Å². The van der Waals surface area contributed by atoms with Crippen LogP contribution in [-0.4, -0.2) is 64.7 Å². The molecule has 1 unspecified atom stereocenters. The van der Waals surface area contributed by atoms with E-state index >= 15 is 0 Å². The van der Waals surface area contributed by atoms with Crippen molar-refractivity contribution < 1.29 is 32.2 Å². The third-order valence-electron chi connectivity index (χ3n) is 5.40. The van der Waals surface area contributed by atoms with Gasteiger partial charge < -0.3 is 23.8 Å². The summed E-state index contributed by atoms with van der Waals surface area (Å²) in [5.74, 6) is 1.54. The molecule has 3 rings (SSSR count). The summed E-state index contributed by atoms with van der Waals surface area (Å²) in [6, 6.07) is 10.1. The Hall–Kier alpha value is -2.94. The number of amides is 1. The summed E-state index contributed by atoms with van der Waals surface area (Å²) in [6.45, 7) is 2.43. The van der Waals surface area contributed by atoms with E-state index in [4.69, 9.17) is 18.9 Å². The van der Waals surface area contributed by atoms with Gasteiger partial charge in [-0.2, -0.15) is 0 Å². The Balaban J connectivity index is 2.02. The van der Waals surface area contributed by atoms with Crippen molar-refractivity contribution in [2.24, 2.45) is 0 Å². The zero-order valence-corrected chi connectivity index (χ0v) is 19.6. The minimum absolute atomic E-state index is 0.0593. The maximum Gasteiger partial charge on any atom is 0.258 e. The molecule has 0 radical (unpaired) electrons. The van der Waals surface area contributed by atoms with Crippen LogP contribution in [0.3, 0.4) is 0 Å². The summed E-state index contributed by atoms with van der Waals surface area (Å²) >= 11 is 0. The molecular formula is C23H29NO7S. The van der Waals surface area contributed by atoms with Crippen LogP contribution in [-0.2, 0) is 16.4 Å². The van der Waals surface area contributed by atoms with Gasteiger partial charge in [-0.3, -0.25) is 4.79 Å². The van der Waals surface area contributed by atoms with Crippen molar-refractivity contribution in [1.82, 2.24) is 4.90 Å². The summed E-state index contributed by atoms with van der Waals surface area (Å²) in [4.78, 5) is 15.2. The lowest BCUT2D eigenvalue weighted by atomic mass is 10.1. The predicted molar refractivity (Wildman–Crippen MR) is 121 cm³/mol. The molecule has 0 aromatic heterocycles. The quantitative estimate of drug-likeness (QED) is 0.565. The van der Waals surface area contributed by atoms with Gasteiger partial charge in [-0.1, -0.05) is 12.1 Å². The first-order valence-corrected chi connectivity index (χ1v) is 12.2. The molecule has 32 heavy (non-hydrogen) atoms. The lowest BCUT2D eigenvalue weighted by Gasteiger charge is -2.29. The Kier molecular flexibility index (Phi) is 7.50. The third-order valence-corrected chi connectivity index (χ3v) is 7.16. The zero-order valence-electron chi connectivity index (χ0n) is 18.8. The van der Waals surface area contributed by atoms with Crippen LogP contribution in [0.4, 0.5) is 0 Å². The average Bonchev–Trinajstić information content (AvgIpc) is 3.16. The number of para-hydroxylation sites is 1. The lowest BCUT2D eigenvalue weighted by molar-refractivity contribution is 0.0676. The van der Waals surface area contributed by atoms with Gasteiger partial charge >= 0.3 is 0 Å². The highest BCUT2D eigenvalue weighted by Gasteiger charge is 2.36. The van der Waals surface area contributed by atoms with Crippen molar-refractivity contribution in [1.29, 1.82) is 0 Å². The molecule has 2 aromatic carbocycles. The van der Waals surface area contributed by atoms with Crippen LogP contribution in [0.1, 0.15) is 29.3 Å². The number of hydrogen-bond acceptors (Lipinski definition) is 7. The highest BCUT2D eigenvalue weighted by atomic mass is 32.2. The van der Waals surface area contributed by atoms with Gasteiger partial charge in [0.1, 0.15) is 5.75 Å². The zero-order chi connectivity index (χ0) is 23.3. The molecule has 9 heteroatoms. The molecule has 2 aromatic rings. The molecule has 0 aliphatic carbocycles. The number of hydrogen-bond donors (Lipinski definition) is 0. The Bertz CT molecular complexity index is 1040. The molecule has 8 nitrogen and oxygen atoms in total. The Morgan fingerprint density at radius 2 is 1.69 bits per heavy atom. The van der Waals surface area contributed by atoms with Crippen LogP contribution in [0.5, 0.6) is 23.0 Å². The number of rotatable bonds is 9. The van der Waals surface area contributed by atoms with E-state index in [1.165, 1.54) is 21.3 Å². The molecule has 1 aliphatic heterocycles. The molecular weight excluding hydrogens is 434 g/mol. The molecule has 1 saturated heterocycles. The first-order valence-electron chi connectivity index (χ1n) is 10.4. The number of ether oxygens (including phenoxy) is 4. The van der Waals surface area contributed by atoms with Crippen molar-refractivity contribution in [3.05, 3.63) is 47.5 Å². The van der Waals surface area contributed by atoms with Crippen molar-refractivity contribution in [2.75, 3.05) is 39.4 Å². The van der Waals surface area contributed by atoms with Gasteiger partial charge in [-0.25, -0.2) is 8.42 Å². The van der Waals surface area contributed by atoms with Gasteiger partial charge in [-0.15, -0.1) is 0 Å². The van der Waals surface area contributed by atoms with Crippen LogP contribution >= 0.6 is 0 Å². The minimum atomic E-state index is -3.20. The van der Waals surface area contributed by atoms with Crippen LogP contribution in [0.15, 0.2) is 36.4 Å². The van der Waals surface area contributed by atoms with Crippen LogP contribution < -0.4 is 18.9 Å². The van der Waals surface area contributed by atoms with Crippen molar-refractivity contribution in [2.45, 2.75) is 25.9 Å². The smallest absolute Gasteiger partial charge is 0.258 e. The molecule has 0 spiro atoms. The number of benzene rings is 2. The van der Waals surface area contributed by atoms with Gasteiger partial charge in [0.25, 0.3) is 5.91 Å². The van der Waals surface area contributed by atoms with E-state index in [-0.39, 0.29) is 24.0 Å². The highest BCUT2D eigenvalue weighted by Crippen LogP contribution is 2.39. The first-order chi connectivity index (χ1) is 15.3. The van der Waals surface area contributed by atoms with E-state index in [9.17, 15) is 13.2 Å². The molecule has 0 N–H and O–H groups in total. The van der Waals surface area contributed by atoms with Crippen molar-refractivity contribution in [3.63, 3.8) is 0 Å². The van der Waals surface area contributed by atoms with E-state index in [2.05, 4.69) is 0 Å². The van der Waals surface area contributed by atoms with Gasteiger partial charge in [0.2, 0.25) is 5.75 Å². The molecule has 1 heterocycles. The van der Waals surface area contributed by atoms with E-state index in [1.807, 2.05) is 6.92 Å². The normalized spacial score (nSPS) is 16.9. The largest absolute Gasteiger partial charge is 0.493 e. The summed E-state index contributed by atoms with van der Waals surface area (Å²) in [6.07, 6.45) is 0.384. The Morgan fingerprint density at radius 1 is 1.03 bits per heavy atom. The first kappa shape index (κ1) is 23.7. The van der Waals surface area contributed by atoms with Crippen LogP contribution in [0.25, 0.3) is 0 Å². The van der Waals surface area contributed by atoms with Gasteiger partial charge in [0, 0.05) is 12.6 Å². The molecule has 1 atom stereocenters. The second kappa shape index (κ2) is 10.1. The number of carbonyl (C=O) groups excluding carboxylic acids is 1. The van der Waals surface area contributed by atoms with E-state index in [1.54, 1.807) is 41.3 Å². The second-order valence-corrected chi connectivity index (χ2v) is 9.68. The fraction of sp³-hybridized carbons (Fsp3) is 0.435. The minimum Gasteiger partial charge on any atom is -0.493 e. The van der Waals surface area contributed by atoms with E-state index in [0.717, 1.165) is 5.56 Å². The fourth-order valence-corrected chi connectivity index (χ4v) is 5.62. The van der Waals surface area contributed by atoms with Crippen LogP contribution in [0, 0.1) is 0 Å². The summed E-state index contributed by atoms with van der Waals surface area (Å²) < 4.78 is 46.3. The van der Waals surface area contributed by atoms with E-state index in [0.29, 0.717) is 41.6 Å². The summed E-state index contributed by atoms with van der Waals surface area (Å²) in [5.41, 5.74) is 1.12. The Morgan fingerprint density at radius 3 is 2.22 bits per heavy atom. The number of sulfone groups is 1. The van der Waals surface area contributed by atoms with Crippen LogP contribution in [0.2, 0.25) is 0 Å². The number of methoxy groups -OCH3 is 3. The number of nitrogens with zero attached hydrogens (tertiary/aromatic N) is 1. The topological polar surface area (TPSA) is 91.4 Å². The SMILES string of the molecule is CCOc1ccccc1C(=O)N(Cc1cc(OC)c(OC)c(OC)c1)C1CCS(=O)(=O)C1. The van der Waals surface area contributed by atoms with Crippen molar-refractivity contribution in [3.8, 4) is 23.0 Å². The molecule has 174 valence electrons. The van der Waals surface area contributed by atoms with Gasteiger partial charge in [0.15, 0.2) is 21.3 Å². The molecule has 1 aliphatic rings. The lowest BCUT2D eigenvalue weighted by Crippen LogP contribution is -2.40. The number of carbonyl (C=O) groups is 1. The third kappa shape index (κ3) is 5.09. The average molecular weight is 464 g/mol. The second-order valence-electron chi connectivity index (χ2n) is 7.45. The standard InChI is InChI=1S/C23H29NO7S/c1-5-31-19-9-7-6-8-18(19)23(25)24(17-10-11-32(26,27)15-17)14-16-12-20(28-2)22(30-4)21(13-16)29-3/h6-9,12-13,17H,5,10-11,14-15H2,1-4H3. The van der Waals surface area contributed by atoms with Gasteiger partial charge in [0.05, 0.1) is 45.0 Å². The predicted octanol–water partition coefficient (Wildman–Crippen LogP) is 2.94. The van der Waals surface area contributed by atoms with Gasteiger partial charge in [-0.05, 0) is 43.2 Å². The maximum atomic E-state index is 13.6. The molecule has 1 fully saturated rings. The monoisotopic (exact) mass is 463 g/mol. The maximum absolute atomic E-state index is 13.6. The summed E-state index contributed by atoms with van der Waals surface area (Å²) in [5, 5.41) is 0. The molecule has 1 amide bonds. The molecule has 0 saturated carbocycles. The molecule has 0 bridgehead atoms. The summed E-state index contributed by atoms with van der Waals surface area (Å²) in [7, 11) is 1.36. The fourth-order valence-electron chi connectivity index (χ4n) is 3.89. The van der Waals surface area contributed by atoms with Crippen molar-refractivity contribution >= 4 is 15.7 Å². The highest BCUT2D eigenvalue weighted by molar-refractivity contribution is 7.91.